The molecule has 0 saturated carbocycles. The van der Waals surface area contributed by atoms with Crippen molar-refractivity contribution in [2.45, 2.75) is 44.0 Å². The first-order chi connectivity index (χ1) is 12.1. The molecule has 0 radical (unpaired) electrons. The van der Waals surface area contributed by atoms with E-state index in [-0.39, 0.29) is 11.9 Å². The van der Waals surface area contributed by atoms with Crippen molar-refractivity contribution in [3.63, 3.8) is 0 Å². The summed E-state index contributed by atoms with van der Waals surface area (Å²) in [5.41, 5.74) is 0.850. The fourth-order valence-electron chi connectivity index (χ4n) is 2.23. The van der Waals surface area contributed by atoms with Crippen molar-refractivity contribution in [1.82, 2.24) is 15.5 Å². The first-order valence-corrected chi connectivity index (χ1v) is 10.2. The summed E-state index contributed by atoms with van der Waals surface area (Å²) < 4.78 is 6.35. The molecular formula is C17H24N4O2S2. The molecular weight excluding hydrogens is 356 g/mol. The summed E-state index contributed by atoms with van der Waals surface area (Å²) in [7, 11) is 0. The Morgan fingerprint density at radius 2 is 2.12 bits per heavy atom. The minimum Gasteiger partial charge on any atom is -0.492 e. The number of anilines is 2. The van der Waals surface area contributed by atoms with Gasteiger partial charge in [0.2, 0.25) is 11.0 Å². The maximum absolute atomic E-state index is 11.9. The summed E-state index contributed by atoms with van der Waals surface area (Å²) in [4.78, 5) is 11.9. The van der Waals surface area contributed by atoms with Crippen LogP contribution in [-0.4, -0.2) is 34.5 Å². The molecule has 6 nitrogen and oxygen atoms in total. The molecule has 0 aliphatic rings. The van der Waals surface area contributed by atoms with Crippen molar-refractivity contribution in [3.05, 3.63) is 24.3 Å². The zero-order chi connectivity index (χ0) is 18.1. The van der Waals surface area contributed by atoms with Crippen LogP contribution in [0.1, 0.15) is 33.6 Å². The third-order valence-electron chi connectivity index (χ3n) is 3.29. The Balaban J connectivity index is 1.87. The van der Waals surface area contributed by atoms with Gasteiger partial charge < -0.3 is 15.4 Å². The molecule has 2 N–H and O–H groups in total. The topological polar surface area (TPSA) is 76.1 Å². The molecule has 0 unspecified atom stereocenters. The van der Waals surface area contributed by atoms with E-state index in [0.717, 1.165) is 28.6 Å². The highest BCUT2D eigenvalue weighted by molar-refractivity contribution is 8.01. The standard InChI is InChI=1S/C17H24N4O2S2/c1-4-8-12(3)18-15(22)11-24-17-21-20-16(25-17)19-13-9-6-7-10-14(13)23-5-2/h6-7,9-10,12H,4-5,8,11H2,1-3H3,(H,18,22)(H,19,20)/t12-/m0/s1. The van der Waals surface area contributed by atoms with Crippen LogP contribution in [0.3, 0.4) is 0 Å². The molecule has 0 saturated heterocycles. The quantitative estimate of drug-likeness (QED) is 0.605. The fourth-order valence-corrected chi connectivity index (χ4v) is 3.81. The van der Waals surface area contributed by atoms with Crippen molar-refractivity contribution in [2.75, 3.05) is 17.7 Å². The lowest BCUT2D eigenvalue weighted by Gasteiger charge is -2.11. The zero-order valence-electron chi connectivity index (χ0n) is 14.7. The molecule has 136 valence electrons. The maximum Gasteiger partial charge on any atom is 0.230 e. The number of nitrogens with zero attached hydrogens (tertiary/aromatic N) is 2. The Bertz CT molecular complexity index is 678. The van der Waals surface area contributed by atoms with Gasteiger partial charge >= 0.3 is 0 Å². The van der Waals surface area contributed by atoms with E-state index in [9.17, 15) is 4.79 Å². The van der Waals surface area contributed by atoms with Crippen LogP contribution in [0, 0.1) is 0 Å². The molecule has 1 atom stereocenters. The number of aromatic nitrogens is 2. The number of rotatable bonds is 10. The summed E-state index contributed by atoms with van der Waals surface area (Å²) in [6.07, 6.45) is 2.05. The van der Waals surface area contributed by atoms with Gasteiger partial charge in [0.1, 0.15) is 5.75 Å². The van der Waals surface area contributed by atoms with Crippen LogP contribution in [0.5, 0.6) is 5.75 Å². The molecule has 1 aromatic carbocycles. The summed E-state index contributed by atoms with van der Waals surface area (Å²) >= 11 is 2.82. The van der Waals surface area contributed by atoms with Gasteiger partial charge in [0, 0.05) is 6.04 Å². The third-order valence-corrected chi connectivity index (χ3v) is 5.26. The lowest BCUT2D eigenvalue weighted by Crippen LogP contribution is -2.33. The first kappa shape index (κ1) is 19.5. The lowest BCUT2D eigenvalue weighted by molar-refractivity contribution is -0.119. The van der Waals surface area contributed by atoms with Crippen LogP contribution >= 0.6 is 23.1 Å². The maximum atomic E-state index is 11.9. The van der Waals surface area contributed by atoms with Crippen LogP contribution in [0.15, 0.2) is 28.6 Å². The Morgan fingerprint density at radius 3 is 2.88 bits per heavy atom. The molecule has 0 fully saturated rings. The minimum absolute atomic E-state index is 0.0253. The summed E-state index contributed by atoms with van der Waals surface area (Å²) in [5.74, 6) is 1.15. The van der Waals surface area contributed by atoms with Gasteiger partial charge in [-0.1, -0.05) is 48.6 Å². The van der Waals surface area contributed by atoms with E-state index >= 15 is 0 Å². The van der Waals surface area contributed by atoms with Gasteiger partial charge in [0.25, 0.3) is 0 Å². The Hall–Kier alpha value is -1.80. The van der Waals surface area contributed by atoms with E-state index < -0.39 is 0 Å². The average molecular weight is 381 g/mol. The molecule has 2 aromatic rings. The van der Waals surface area contributed by atoms with Gasteiger partial charge in [0.15, 0.2) is 4.34 Å². The molecule has 1 aromatic heterocycles. The molecule has 1 heterocycles. The van der Waals surface area contributed by atoms with Gasteiger partial charge in [-0.15, -0.1) is 10.2 Å². The predicted octanol–water partition coefficient (Wildman–Crippen LogP) is 4.08. The SMILES string of the molecule is CCC[C@H](C)NC(=O)CSc1nnc(Nc2ccccc2OCC)s1. The van der Waals surface area contributed by atoms with Gasteiger partial charge in [0.05, 0.1) is 18.0 Å². The lowest BCUT2D eigenvalue weighted by atomic mass is 10.2. The second-order valence-electron chi connectivity index (χ2n) is 5.47. The monoisotopic (exact) mass is 380 g/mol. The molecule has 0 bridgehead atoms. The average Bonchev–Trinajstić information content (AvgIpc) is 3.03. The van der Waals surface area contributed by atoms with Crippen molar-refractivity contribution >= 4 is 39.8 Å². The van der Waals surface area contributed by atoms with E-state index in [4.69, 9.17) is 4.74 Å². The molecule has 2 rings (SSSR count). The van der Waals surface area contributed by atoms with Crippen LogP contribution in [0.4, 0.5) is 10.8 Å². The summed E-state index contributed by atoms with van der Waals surface area (Å²) in [5, 5.41) is 15.1. The van der Waals surface area contributed by atoms with Gasteiger partial charge in [-0.25, -0.2) is 0 Å². The molecule has 0 spiro atoms. The van der Waals surface area contributed by atoms with Crippen LogP contribution in [0.25, 0.3) is 0 Å². The van der Waals surface area contributed by atoms with Crippen molar-refractivity contribution in [1.29, 1.82) is 0 Å². The van der Waals surface area contributed by atoms with Crippen LogP contribution in [-0.2, 0) is 4.79 Å². The van der Waals surface area contributed by atoms with Crippen LogP contribution in [0.2, 0.25) is 0 Å². The summed E-state index contributed by atoms with van der Waals surface area (Å²) in [6, 6.07) is 7.91. The molecule has 1 amide bonds. The Morgan fingerprint density at radius 1 is 1.32 bits per heavy atom. The number of amides is 1. The normalized spacial score (nSPS) is 11.8. The second kappa shape index (κ2) is 10.2. The van der Waals surface area contributed by atoms with E-state index in [2.05, 4.69) is 27.8 Å². The Labute approximate surface area is 156 Å². The molecule has 8 heteroatoms. The number of ether oxygens (including phenoxy) is 1. The first-order valence-electron chi connectivity index (χ1n) is 8.36. The van der Waals surface area contributed by atoms with E-state index in [1.54, 1.807) is 0 Å². The molecule has 0 aliphatic carbocycles. The zero-order valence-corrected chi connectivity index (χ0v) is 16.4. The number of para-hydroxylation sites is 2. The van der Waals surface area contributed by atoms with Crippen molar-refractivity contribution in [2.24, 2.45) is 0 Å². The number of carbonyl (C=O) groups is 1. The minimum atomic E-state index is 0.0253. The summed E-state index contributed by atoms with van der Waals surface area (Å²) in [6.45, 7) is 6.68. The largest absolute Gasteiger partial charge is 0.492 e. The molecule has 25 heavy (non-hydrogen) atoms. The van der Waals surface area contributed by atoms with Gasteiger partial charge in [-0.3, -0.25) is 4.79 Å². The number of nitrogens with one attached hydrogen (secondary N) is 2. The predicted molar refractivity (Wildman–Crippen MR) is 104 cm³/mol. The number of benzene rings is 1. The number of hydrogen-bond acceptors (Lipinski definition) is 7. The fraction of sp³-hybridized carbons (Fsp3) is 0.471. The smallest absolute Gasteiger partial charge is 0.230 e. The van der Waals surface area contributed by atoms with Crippen molar-refractivity contribution < 1.29 is 9.53 Å². The number of carbonyl (C=O) groups excluding carboxylic acids is 1. The van der Waals surface area contributed by atoms with E-state index in [1.807, 2.05) is 38.1 Å². The van der Waals surface area contributed by atoms with E-state index in [1.165, 1.54) is 23.1 Å². The van der Waals surface area contributed by atoms with Gasteiger partial charge in [-0.2, -0.15) is 0 Å². The van der Waals surface area contributed by atoms with E-state index in [0.29, 0.717) is 17.5 Å². The highest BCUT2D eigenvalue weighted by atomic mass is 32.2. The van der Waals surface area contributed by atoms with Crippen LogP contribution < -0.4 is 15.4 Å². The highest BCUT2D eigenvalue weighted by Gasteiger charge is 2.11. The van der Waals surface area contributed by atoms with Gasteiger partial charge in [-0.05, 0) is 32.4 Å². The number of hydrogen-bond donors (Lipinski definition) is 2. The second-order valence-corrected chi connectivity index (χ2v) is 7.67. The Kier molecular flexibility index (Phi) is 8.00. The highest BCUT2D eigenvalue weighted by Crippen LogP contribution is 2.31. The number of thioether (sulfide) groups is 1. The third kappa shape index (κ3) is 6.55. The molecule has 0 aliphatic heterocycles. The van der Waals surface area contributed by atoms with Crippen molar-refractivity contribution in [3.8, 4) is 5.75 Å².